The fraction of sp³-hybridized carbons (Fsp3) is 0.625. The molecule has 0 amide bonds. The number of hydrogen-bond acceptors (Lipinski definition) is 3. The zero-order valence-electron chi connectivity index (χ0n) is 12.2. The highest BCUT2D eigenvalue weighted by Gasteiger charge is 2.23. The lowest BCUT2D eigenvalue weighted by atomic mass is 9.87. The van der Waals surface area contributed by atoms with Crippen LogP contribution in [0.3, 0.4) is 0 Å². The summed E-state index contributed by atoms with van der Waals surface area (Å²) < 4.78 is 11.1. The minimum atomic E-state index is 0.0600. The van der Waals surface area contributed by atoms with Gasteiger partial charge >= 0.3 is 0 Å². The van der Waals surface area contributed by atoms with Gasteiger partial charge in [-0.1, -0.05) is 32.9 Å². The van der Waals surface area contributed by atoms with E-state index in [0.717, 1.165) is 25.4 Å². The fourth-order valence-corrected chi connectivity index (χ4v) is 2.27. The Morgan fingerprint density at radius 2 is 2.00 bits per heavy atom. The van der Waals surface area contributed by atoms with Crippen LogP contribution in [0.1, 0.15) is 32.8 Å². The molecule has 1 aliphatic rings. The SMILES string of the molecule is CC(C)(C)c1ccc(OCC(N)C2CCOC2)cc1. The van der Waals surface area contributed by atoms with E-state index in [0.29, 0.717) is 12.5 Å². The second-order valence-corrected chi connectivity index (χ2v) is 6.37. The van der Waals surface area contributed by atoms with Gasteiger partial charge in [0.1, 0.15) is 12.4 Å². The van der Waals surface area contributed by atoms with E-state index in [2.05, 4.69) is 32.9 Å². The number of rotatable bonds is 4. The van der Waals surface area contributed by atoms with Gasteiger partial charge in [-0.3, -0.25) is 0 Å². The highest BCUT2D eigenvalue weighted by atomic mass is 16.5. The van der Waals surface area contributed by atoms with Crippen LogP contribution in [0.5, 0.6) is 5.75 Å². The van der Waals surface area contributed by atoms with Gasteiger partial charge in [0, 0.05) is 18.6 Å². The van der Waals surface area contributed by atoms with Crippen molar-refractivity contribution in [2.75, 3.05) is 19.8 Å². The molecule has 1 saturated heterocycles. The Hall–Kier alpha value is -1.06. The van der Waals surface area contributed by atoms with Gasteiger partial charge in [-0.2, -0.15) is 0 Å². The minimum Gasteiger partial charge on any atom is -0.492 e. The molecule has 1 aliphatic heterocycles. The quantitative estimate of drug-likeness (QED) is 0.908. The van der Waals surface area contributed by atoms with E-state index in [1.807, 2.05) is 12.1 Å². The maximum Gasteiger partial charge on any atom is 0.119 e. The van der Waals surface area contributed by atoms with Crippen LogP contribution in [-0.4, -0.2) is 25.9 Å². The summed E-state index contributed by atoms with van der Waals surface area (Å²) in [5, 5.41) is 0. The van der Waals surface area contributed by atoms with Crippen LogP contribution in [0, 0.1) is 5.92 Å². The fourth-order valence-electron chi connectivity index (χ4n) is 2.27. The van der Waals surface area contributed by atoms with Crippen molar-refractivity contribution in [3.63, 3.8) is 0 Å². The molecule has 0 spiro atoms. The zero-order chi connectivity index (χ0) is 13.9. The molecule has 0 saturated carbocycles. The van der Waals surface area contributed by atoms with E-state index < -0.39 is 0 Å². The molecule has 3 heteroatoms. The van der Waals surface area contributed by atoms with E-state index >= 15 is 0 Å². The molecule has 0 aromatic heterocycles. The molecule has 3 nitrogen and oxygen atoms in total. The maximum atomic E-state index is 6.12. The minimum absolute atomic E-state index is 0.0600. The molecule has 1 heterocycles. The molecular weight excluding hydrogens is 238 g/mol. The third-order valence-electron chi connectivity index (χ3n) is 3.73. The first-order valence-corrected chi connectivity index (χ1v) is 7.03. The molecule has 1 aromatic rings. The second kappa shape index (κ2) is 5.93. The van der Waals surface area contributed by atoms with Crippen LogP contribution in [0.25, 0.3) is 0 Å². The molecule has 1 aromatic carbocycles. The summed E-state index contributed by atoms with van der Waals surface area (Å²) in [6.07, 6.45) is 1.05. The maximum absolute atomic E-state index is 6.12. The zero-order valence-corrected chi connectivity index (χ0v) is 12.2. The Balaban J connectivity index is 1.86. The van der Waals surface area contributed by atoms with E-state index in [-0.39, 0.29) is 11.5 Å². The van der Waals surface area contributed by atoms with Gasteiger partial charge in [0.25, 0.3) is 0 Å². The van der Waals surface area contributed by atoms with Crippen LogP contribution in [0.2, 0.25) is 0 Å². The number of hydrogen-bond donors (Lipinski definition) is 1. The molecule has 0 radical (unpaired) electrons. The average molecular weight is 263 g/mol. The Morgan fingerprint density at radius 1 is 1.32 bits per heavy atom. The summed E-state index contributed by atoms with van der Waals surface area (Å²) in [6, 6.07) is 8.36. The Morgan fingerprint density at radius 3 is 2.53 bits per heavy atom. The van der Waals surface area contributed by atoms with Gasteiger partial charge in [-0.05, 0) is 29.5 Å². The second-order valence-electron chi connectivity index (χ2n) is 6.37. The smallest absolute Gasteiger partial charge is 0.119 e. The highest BCUT2D eigenvalue weighted by Crippen LogP contribution is 2.24. The molecular formula is C16H25NO2. The monoisotopic (exact) mass is 263 g/mol. The average Bonchev–Trinajstić information content (AvgIpc) is 2.89. The third-order valence-corrected chi connectivity index (χ3v) is 3.73. The Kier molecular flexibility index (Phi) is 4.48. The standard InChI is InChI=1S/C16H25NO2/c1-16(2,3)13-4-6-14(7-5-13)19-11-15(17)12-8-9-18-10-12/h4-7,12,15H,8-11,17H2,1-3H3. The topological polar surface area (TPSA) is 44.5 Å². The van der Waals surface area contributed by atoms with Gasteiger partial charge in [-0.25, -0.2) is 0 Å². The van der Waals surface area contributed by atoms with Crippen molar-refractivity contribution in [3.05, 3.63) is 29.8 Å². The van der Waals surface area contributed by atoms with Crippen molar-refractivity contribution in [1.29, 1.82) is 0 Å². The third kappa shape index (κ3) is 3.95. The van der Waals surface area contributed by atoms with Crippen molar-refractivity contribution < 1.29 is 9.47 Å². The lowest BCUT2D eigenvalue weighted by molar-refractivity contribution is 0.170. The first-order valence-electron chi connectivity index (χ1n) is 7.03. The largest absolute Gasteiger partial charge is 0.492 e. The van der Waals surface area contributed by atoms with E-state index in [9.17, 15) is 0 Å². The van der Waals surface area contributed by atoms with Gasteiger partial charge in [0.05, 0.1) is 6.61 Å². The van der Waals surface area contributed by atoms with Gasteiger partial charge < -0.3 is 15.2 Å². The molecule has 2 rings (SSSR count). The van der Waals surface area contributed by atoms with Crippen molar-refractivity contribution in [2.24, 2.45) is 11.7 Å². The van der Waals surface area contributed by atoms with Crippen LogP contribution < -0.4 is 10.5 Å². The van der Waals surface area contributed by atoms with Crippen molar-refractivity contribution in [1.82, 2.24) is 0 Å². The van der Waals surface area contributed by atoms with Gasteiger partial charge in [0.2, 0.25) is 0 Å². The molecule has 19 heavy (non-hydrogen) atoms. The van der Waals surface area contributed by atoms with Crippen molar-refractivity contribution >= 4 is 0 Å². The molecule has 1 fully saturated rings. The molecule has 2 N–H and O–H groups in total. The lowest BCUT2D eigenvalue weighted by Gasteiger charge is -2.20. The first kappa shape index (κ1) is 14.4. The predicted octanol–water partition coefficient (Wildman–Crippen LogP) is 2.73. The van der Waals surface area contributed by atoms with E-state index in [1.54, 1.807) is 0 Å². The lowest BCUT2D eigenvalue weighted by Crippen LogP contribution is -2.36. The summed E-state index contributed by atoms with van der Waals surface area (Å²) in [7, 11) is 0. The van der Waals surface area contributed by atoms with Gasteiger partial charge in [-0.15, -0.1) is 0 Å². The molecule has 2 atom stereocenters. The number of ether oxygens (including phenoxy) is 2. The number of benzene rings is 1. The summed E-state index contributed by atoms with van der Waals surface area (Å²) in [5.74, 6) is 1.33. The number of nitrogens with two attached hydrogens (primary N) is 1. The normalized spacial score (nSPS) is 21.4. The molecule has 2 unspecified atom stereocenters. The highest BCUT2D eigenvalue weighted by molar-refractivity contribution is 5.31. The Bertz CT molecular complexity index is 388. The molecule has 106 valence electrons. The van der Waals surface area contributed by atoms with E-state index in [1.165, 1.54) is 5.56 Å². The summed E-state index contributed by atoms with van der Waals surface area (Å²) in [6.45, 7) is 8.78. The summed E-state index contributed by atoms with van der Waals surface area (Å²) in [4.78, 5) is 0. The van der Waals surface area contributed by atoms with Crippen molar-refractivity contribution in [3.8, 4) is 5.75 Å². The first-order chi connectivity index (χ1) is 8.97. The van der Waals surface area contributed by atoms with Gasteiger partial charge in [0.15, 0.2) is 0 Å². The summed E-state index contributed by atoms with van der Waals surface area (Å²) >= 11 is 0. The predicted molar refractivity (Wildman–Crippen MR) is 77.5 cm³/mol. The summed E-state index contributed by atoms with van der Waals surface area (Å²) in [5.41, 5.74) is 7.61. The molecule has 0 bridgehead atoms. The van der Waals surface area contributed by atoms with Crippen LogP contribution in [0.4, 0.5) is 0 Å². The molecule has 0 aliphatic carbocycles. The van der Waals surface area contributed by atoms with Crippen LogP contribution in [0.15, 0.2) is 24.3 Å². The van der Waals surface area contributed by atoms with Crippen molar-refractivity contribution in [2.45, 2.75) is 38.6 Å². The van der Waals surface area contributed by atoms with Crippen LogP contribution in [-0.2, 0) is 10.2 Å². The van der Waals surface area contributed by atoms with Crippen LogP contribution >= 0.6 is 0 Å². The van der Waals surface area contributed by atoms with E-state index in [4.69, 9.17) is 15.2 Å². The Labute approximate surface area is 116 Å².